The van der Waals surface area contributed by atoms with Gasteiger partial charge in [-0.15, -0.1) is 24.0 Å². The Morgan fingerprint density at radius 3 is 2.57 bits per heavy atom. The zero-order chi connectivity index (χ0) is 21.3. The number of nitrogens with one attached hydrogen (secondary N) is 2. The molecule has 1 aliphatic rings. The van der Waals surface area contributed by atoms with Gasteiger partial charge >= 0.3 is 12.1 Å². The van der Waals surface area contributed by atoms with Crippen LogP contribution in [0.3, 0.4) is 0 Å². The molecule has 0 amide bonds. The van der Waals surface area contributed by atoms with E-state index < -0.39 is 11.7 Å². The fourth-order valence-corrected chi connectivity index (χ4v) is 3.24. The summed E-state index contributed by atoms with van der Waals surface area (Å²) in [5.41, 5.74) is 0.246. The summed E-state index contributed by atoms with van der Waals surface area (Å²) in [6.07, 6.45) is -1.37. The minimum absolute atomic E-state index is 0. The summed E-state index contributed by atoms with van der Waals surface area (Å²) < 4.78 is 42.6. The first-order valence-electron chi connectivity index (χ1n) is 9.74. The van der Waals surface area contributed by atoms with Crippen LogP contribution in [-0.4, -0.2) is 56.7 Å². The van der Waals surface area contributed by atoms with Crippen LogP contribution in [0.1, 0.15) is 36.8 Å². The minimum atomic E-state index is -4.30. The number of guanidine groups is 1. The van der Waals surface area contributed by atoms with Crippen molar-refractivity contribution >= 4 is 35.9 Å². The first-order valence-corrected chi connectivity index (χ1v) is 9.74. The van der Waals surface area contributed by atoms with Crippen molar-refractivity contribution in [3.05, 3.63) is 35.4 Å². The Bertz CT molecular complexity index is 684. The summed E-state index contributed by atoms with van der Waals surface area (Å²) in [6.45, 7) is 2.99. The zero-order valence-corrected chi connectivity index (χ0v) is 19.6. The number of benzene rings is 1. The van der Waals surface area contributed by atoms with Crippen LogP contribution in [0.15, 0.2) is 29.3 Å². The van der Waals surface area contributed by atoms with E-state index in [1.165, 1.54) is 7.11 Å². The molecular weight excluding hydrogens is 512 g/mol. The molecule has 0 saturated carbocycles. The number of aliphatic imine (C=N–C) groups is 1. The Hall–Kier alpha value is -1.56. The molecule has 1 aliphatic heterocycles. The maximum atomic E-state index is 12.7. The third kappa shape index (κ3) is 9.07. The molecule has 6 nitrogen and oxygen atoms in total. The van der Waals surface area contributed by atoms with Gasteiger partial charge in [0.15, 0.2) is 5.96 Å². The average Bonchev–Trinajstić information content (AvgIpc) is 3.13. The molecule has 1 fully saturated rings. The van der Waals surface area contributed by atoms with Crippen LogP contribution in [0.4, 0.5) is 13.2 Å². The van der Waals surface area contributed by atoms with Crippen molar-refractivity contribution in [2.45, 2.75) is 44.4 Å². The molecule has 30 heavy (non-hydrogen) atoms. The van der Waals surface area contributed by atoms with Crippen LogP contribution in [0.25, 0.3) is 0 Å². The van der Waals surface area contributed by atoms with E-state index in [1.54, 1.807) is 19.2 Å². The molecule has 2 N–H and O–H groups in total. The lowest BCUT2D eigenvalue weighted by atomic mass is 10.1. The van der Waals surface area contributed by atoms with Gasteiger partial charge in [-0.1, -0.05) is 12.1 Å². The lowest BCUT2D eigenvalue weighted by Gasteiger charge is -2.19. The van der Waals surface area contributed by atoms with Gasteiger partial charge in [-0.25, -0.2) is 0 Å². The summed E-state index contributed by atoms with van der Waals surface area (Å²) in [4.78, 5) is 17.5. The highest BCUT2D eigenvalue weighted by atomic mass is 127. The van der Waals surface area contributed by atoms with E-state index in [0.29, 0.717) is 25.5 Å². The van der Waals surface area contributed by atoms with Gasteiger partial charge in [-0.05, 0) is 37.0 Å². The number of likely N-dealkylation sites (tertiary alicyclic amines) is 1. The molecule has 1 saturated heterocycles. The lowest BCUT2D eigenvalue weighted by molar-refractivity contribution is -0.140. The van der Waals surface area contributed by atoms with Gasteiger partial charge in [0.2, 0.25) is 0 Å². The molecule has 1 atom stereocenters. The molecule has 0 aromatic heterocycles. The van der Waals surface area contributed by atoms with Crippen molar-refractivity contribution in [3.8, 4) is 0 Å². The summed E-state index contributed by atoms with van der Waals surface area (Å²) in [7, 11) is 3.09. The molecule has 1 heterocycles. The van der Waals surface area contributed by atoms with Gasteiger partial charge < -0.3 is 15.4 Å². The monoisotopic (exact) mass is 542 g/mol. The van der Waals surface area contributed by atoms with E-state index in [-0.39, 0.29) is 36.0 Å². The largest absolute Gasteiger partial charge is 0.469 e. The van der Waals surface area contributed by atoms with Gasteiger partial charge in [0.1, 0.15) is 0 Å². The fourth-order valence-electron chi connectivity index (χ4n) is 3.24. The second kappa shape index (κ2) is 13.0. The number of hydrogen-bond acceptors (Lipinski definition) is 4. The quantitative estimate of drug-likeness (QED) is 0.173. The van der Waals surface area contributed by atoms with E-state index in [1.807, 2.05) is 0 Å². The smallest absolute Gasteiger partial charge is 0.416 e. The topological polar surface area (TPSA) is 66.0 Å². The van der Waals surface area contributed by atoms with Crippen molar-refractivity contribution in [3.63, 3.8) is 0 Å². The van der Waals surface area contributed by atoms with E-state index in [9.17, 15) is 18.0 Å². The van der Waals surface area contributed by atoms with Crippen molar-refractivity contribution in [1.82, 2.24) is 15.5 Å². The number of carbonyl (C=O) groups excluding carboxylic acids is 1. The zero-order valence-electron chi connectivity index (χ0n) is 17.3. The number of methoxy groups -OCH3 is 1. The Kier molecular flexibility index (Phi) is 11.5. The molecule has 0 bridgehead atoms. The second-order valence-corrected chi connectivity index (χ2v) is 7.09. The summed E-state index contributed by atoms with van der Waals surface area (Å²) in [5.74, 6) is 0.510. The van der Waals surface area contributed by atoms with Crippen LogP contribution in [-0.2, 0) is 22.3 Å². The van der Waals surface area contributed by atoms with Gasteiger partial charge in [0, 0.05) is 45.7 Å². The predicted octanol–water partition coefficient (Wildman–Crippen LogP) is 3.41. The predicted molar refractivity (Wildman–Crippen MR) is 121 cm³/mol. The normalized spacial score (nSPS) is 17.4. The second-order valence-electron chi connectivity index (χ2n) is 7.09. The standard InChI is InChI=1S/C20H29F3N4O2.HI/c1-24-19(25-11-4-3-5-18(28)29-2)26-17-10-12-27(14-17)13-15-6-8-16(9-7-15)20(21,22)23;/h6-9,17H,3-5,10-14H2,1-2H3,(H2,24,25,26);1H. The summed E-state index contributed by atoms with van der Waals surface area (Å²) >= 11 is 0. The van der Waals surface area contributed by atoms with E-state index in [4.69, 9.17) is 0 Å². The third-order valence-electron chi connectivity index (χ3n) is 4.85. The SMILES string of the molecule is CN=C(NCCCCC(=O)OC)NC1CCN(Cc2ccc(C(F)(F)F)cc2)C1.I. The number of esters is 1. The molecule has 0 aliphatic carbocycles. The highest BCUT2D eigenvalue weighted by Gasteiger charge is 2.30. The molecule has 1 unspecified atom stereocenters. The highest BCUT2D eigenvalue weighted by molar-refractivity contribution is 14.0. The molecule has 2 rings (SSSR count). The maximum absolute atomic E-state index is 12.7. The molecule has 1 aromatic rings. The molecule has 0 spiro atoms. The van der Waals surface area contributed by atoms with Gasteiger partial charge in [-0.2, -0.15) is 13.2 Å². The van der Waals surface area contributed by atoms with Crippen LogP contribution < -0.4 is 10.6 Å². The first kappa shape index (κ1) is 26.5. The van der Waals surface area contributed by atoms with E-state index in [2.05, 4.69) is 25.3 Å². The molecule has 170 valence electrons. The Balaban J connectivity index is 0.00000450. The van der Waals surface area contributed by atoms with Gasteiger partial charge in [0.05, 0.1) is 12.7 Å². The number of halogens is 4. The van der Waals surface area contributed by atoms with Crippen LogP contribution in [0.5, 0.6) is 0 Å². The first-order chi connectivity index (χ1) is 13.8. The van der Waals surface area contributed by atoms with Crippen LogP contribution >= 0.6 is 24.0 Å². The van der Waals surface area contributed by atoms with Crippen LogP contribution in [0, 0.1) is 0 Å². The number of hydrogen-bond donors (Lipinski definition) is 2. The highest BCUT2D eigenvalue weighted by Crippen LogP contribution is 2.29. The van der Waals surface area contributed by atoms with E-state index >= 15 is 0 Å². The van der Waals surface area contributed by atoms with Crippen LogP contribution in [0.2, 0.25) is 0 Å². The van der Waals surface area contributed by atoms with Crippen molar-refractivity contribution in [1.29, 1.82) is 0 Å². The summed E-state index contributed by atoms with van der Waals surface area (Å²) in [6, 6.07) is 5.57. The number of rotatable bonds is 8. The molecular formula is C20H30F3IN4O2. The number of carbonyl (C=O) groups is 1. The molecule has 1 aromatic carbocycles. The van der Waals surface area contributed by atoms with Crippen molar-refractivity contribution in [2.75, 3.05) is 33.8 Å². The van der Waals surface area contributed by atoms with Gasteiger partial charge in [0.25, 0.3) is 0 Å². The van der Waals surface area contributed by atoms with Gasteiger partial charge in [-0.3, -0.25) is 14.7 Å². The van der Waals surface area contributed by atoms with E-state index in [0.717, 1.165) is 50.0 Å². The fraction of sp³-hybridized carbons (Fsp3) is 0.600. The Morgan fingerprint density at radius 1 is 1.27 bits per heavy atom. The lowest BCUT2D eigenvalue weighted by Crippen LogP contribution is -2.44. The maximum Gasteiger partial charge on any atom is 0.416 e. The Labute approximate surface area is 192 Å². The number of nitrogens with zero attached hydrogens (tertiary/aromatic N) is 2. The number of unbranched alkanes of at least 4 members (excludes halogenated alkanes) is 1. The van der Waals surface area contributed by atoms with Crippen molar-refractivity contribution in [2.24, 2.45) is 4.99 Å². The Morgan fingerprint density at radius 2 is 1.97 bits per heavy atom. The summed E-state index contributed by atoms with van der Waals surface area (Å²) in [5, 5.41) is 6.61. The number of alkyl halides is 3. The third-order valence-corrected chi connectivity index (χ3v) is 4.85. The molecule has 10 heteroatoms. The molecule has 0 radical (unpaired) electrons. The number of ether oxygens (including phenoxy) is 1. The van der Waals surface area contributed by atoms with Crippen molar-refractivity contribution < 1.29 is 22.7 Å². The minimum Gasteiger partial charge on any atom is -0.469 e. The average molecular weight is 542 g/mol.